The highest BCUT2D eigenvalue weighted by Crippen LogP contribution is 2.31. The molecule has 1 saturated heterocycles. The lowest BCUT2D eigenvalue weighted by molar-refractivity contribution is 0.0152. The van der Waals surface area contributed by atoms with Crippen LogP contribution in [0.15, 0.2) is 6.33 Å². The second-order valence-corrected chi connectivity index (χ2v) is 4.70. The van der Waals surface area contributed by atoms with Crippen LogP contribution in [0.3, 0.4) is 0 Å². The van der Waals surface area contributed by atoms with Crippen LogP contribution in [0.25, 0.3) is 0 Å². The topological polar surface area (TPSA) is 39.9 Å². The van der Waals surface area contributed by atoms with Crippen molar-refractivity contribution in [3.05, 3.63) is 12.2 Å². The summed E-state index contributed by atoms with van der Waals surface area (Å²) in [5.74, 6) is 1.27. The molecule has 0 saturated carbocycles. The Balaban J connectivity index is 2.06. The van der Waals surface area contributed by atoms with Crippen molar-refractivity contribution in [2.45, 2.75) is 32.2 Å². The van der Waals surface area contributed by atoms with Crippen LogP contribution < -0.4 is 0 Å². The normalized spacial score (nSPS) is 20.4. The maximum Gasteiger partial charge on any atom is 0.147 e. The fourth-order valence-electron chi connectivity index (χ4n) is 1.95. The van der Waals surface area contributed by atoms with Gasteiger partial charge in [0.2, 0.25) is 0 Å². The summed E-state index contributed by atoms with van der Waals surface area (Å²) >= 11 is 5.79. The zero-order valence-corrected chi connectivity index (χ0v) is 9.70. The fourth-order valence-corrected chi connectivity index (χ4v) is 2.15. The molecule has 1 aromatic rings. The summed E-state index contributed by atoms with van der Waals surface area (Å²) in [7, 11) is 0. The van der Waals surface area contributed by atoms with E-state index in [2.05, 4.69) is 21.7 Å². The first-order valence-corrected chi connectivity index (χ1v) is 5.77. The number of nitrogens with zero attached hydrogens (tertiary/aromatic N) is 3. The first kappa shape index (κ1) is 10.9. The zero-order valence-electron chi connectivity index (χ0n) is 8.95. The first-order valence-electron chi connectivity index (χ1n) is 5.24. The van der Waals surface area contributed by atoms with Crippen molar-refractivity contribution in [1.82, 2.24) is 14.8 Å². The molecular formula is C10H16ClN3O. The number of hydrogen-bond donors (Lipinski definition) is 0. The second-order valence-electron chi connectivity index (χ2n) is 4.43. The summed E-state index contributed by atoms with van der Waals surface area (Å²) in [5.41, 5.74) is 0.293. The number of ether oxygens (including phenoxy) is 1. The lowest BCUT2D eigenvalue weighted by atomic mass is 9.82. The minimum absolute atomic E-state index is 0.293. The molecule has 1 aliphatic rings. The summed E-state index contributed by atoms with van der Waals surface area (Å²) in [6, 6.07) is 0. The predicted octanol–water partition coefficient (Wildman–Crippen LogP) is 1.83. The van der Waals surface area contributed by atoms with Crippen LogP contribution >= 0.6 is 11.6 Å². The summed E-state index contributed by atoms with van der Waals surface area (Å²) in [6.07, 6.45) is 3.94. The second kappa shape index (κ2) is 4.49. The van der Waals surface area contributed by atoms with Gasteiger partial charge in [-0.2, -0.15) is 0 Å². The quantitative estimate of drug-likeness (QED) is 0.743. The average molecular weight is 230 g/mol. The maximum atomic E-state index is 5.79. The van der Waals surface area contributed by atoms with E-state index in [1.165, 1.54) is 0 Å². The lowest BCUT2D eigenvalue weighted by Crippen LogP contribution is -2.31. The highest BCUT2D eigenvalue weighted by atomic mass is 35.5. The van der Waals surface area contributed by atoms with E-state index in [9.17, 15) is 0 Å². The maximum absolute atomic E-state index is 5.79. The molecular weight excluding hydrogens is 214 g/mol. The highest BCUT2D eigenvalue weighted by Gasteiger charge is 2.28. The van der Waals surface area contributed by atoms with Gasteiger partial charge in [-0.3, -0.25) is 0 Å². The van der Waals surface area contributed by atoms with Crippen LogP contribution in [0.2, 0.25) is 0 Å². The van der Waals surface area contributed by atoms with Gasteiger partial charge in [-0.1, -0.05) is 6.92 Å². The molecule has 0 spiro atoms. The van der Waals surface area contributed by atoms with Crippen LogP contribution in [0, 0.1) is 5.41 Å². The van der Waals surface area contributed by atoms with Gasteiger partial charge < -0.3 is 9.30 Å². The third-order valence-corrected chi connectivity index (χ3v) is 3.31. The van der Waals surface area contributed by atoms with E-state index in [0.717, 1.165) is 38.4 Å². The van der Waals surface area contributed by atoms with E-state index in [-0.39, 0.29) is 0 Å². The van der Waals surface area contributed by atoms with Crippen molar-refractivity contribution in [3.8, 4) is 0 Å². The van der Waals surface area contributed by atoms with Crippen molar-refractivity contribution in [2.24, 2.45) is 5.41 Å². The lowest BCUT2D eigenvalue weighted by Gasteiger charge is -2.33. The molecule has 0 atom stereocenters. The van der Waals surface area contributed by atoms with Gasteiger partial charge in [0.05, 0.1) is 5.88 Å². The summed E-state index contributed by atoms with van der Waals surface area (Å²) in [6.45, 7) is 4.93. The van der Waals surface area contributed by atoms with E-state index in [0.29, 0.717) is 11.3 Å². The molecule has 0 amide bonds. The minimum atomic E-state index is 0.293. The molecule has 0 aliphatic carbocycles. The average Bonchev–Trinajstić information content (AvgIpc) is 2.65. The largest absolute Gasteiger partial charge is 0.381 e. The van der Waals surface area contributed by atoms with Gasteiger partial charge in [-0.15, -0.1) is 21.8 Å². The number of alkyl halides is 1. The van der Waals surface area contributed by atoms with Gasteiger partial charge in [0.1, 0.15) is 12.2 Å². The Bertz CT molecular complexity index is 320. The Morgan fingerprint density at radius 3 is 2.93 bits per heavy atom. The molecule has 1 aliphatic heterocycles. The Morgan fingerprint density at radius 2 is 2.27 bits per heavy atom. The minimum Gasteiger partial charge on any atom is -0.381 e. The standard InChI is InChI=1S/C10H16ClN3O/c1-10(2-4-15-5-3-10)7-14-8-12-13-9(14)6-11/h8H,2-7H2,1H3. The van der Waals surface area contributed by atoms with E-state index < -0.39 is 0 Å². The Hall–Kier alpha value is -0.610. The molecule has 84 valence electrons. The van der Waals surface area contributed by atoms with Crippen LogP contribution in [-0.4, -0.2) is 28.0 Å². The van der Waals surface area contributed by atoms with E-state index >= 15 is 0 Å². The SMILES string of the molecule is CC1(Cn2cnnc2CCl)CCOCC1. The molecule has 0 radical (unpaired) electrons. The molecule has 4 nitrogen and oxygen atoms in total. The number of halogens is 1. The molecule has 5 heteroatoms. The van der Waals surface area contributed by atoms with Crippen LogP contribution in [0.5, 0.6) is 0 Å². The molecule has 1 aromatic heterocycles. The third kappa shape index (κ3) is 2.49. The number of hydrogen-bond acceptors (Lipinski definition) is 3. The van der Waals surface area contributed by atoms with E-state index in [1.54, 1.807) is 6.33 Å². The molecule has 2 rings (SSSR count). The van der Waals surface area contributed by atoms with Gasteiger partial charge in [-0.05, 0) is 18.3 Å². The third-order valence-electron chi connectivity index (χ3n) is 3.07. The van der Waals surface area contributed by atoms with Gasteiger partial charge in [0, 0.05) is 19.8 Å². The Labute approximate surface area is 94.6 Å². The molecule has 15 heavy (non-hydrogen) atoms. The van der Waals surface area contributed by atoms with Crippen molar-refractivity contribution in [1.29, 1.82) is 0 Å². The molecule has 0 unspecified atom stereocenters. The molecule has 0 N–H and O–H groups in total. The number of aromatic nitrogens is 3. The van der Waals surface area contributed by atoms with Crippen molar-refractivity contribution < 1.29 is 4.74 Å². The van der Waals surface area contributed by atoms with Gasteiger partial charge in [0.25, 0.3) is 0 Å². The van der Waals surface area contributed by atoms with Gasteiger partial charge in [-0.25, -0.2) is 0 Å². The predicted molar refractivity (Wildman–Crippen MR) is 57.7 cm³/mol. The van der Waals surface area contributed by atoms with Gasteiger partial charge in [0.15, 0.2) is 0 Å². The van der Waals surface area contributed by atoms with Crippen LogP contribution in [0.4, 0.5) is 0 Å². The summed E-state index contributed by atoms with van der Waals surface area (Å²) in [5, 5.41) is 7.87. The number of rotatable bonds is 3. The van der Waals surface area contributed by atoms with E-state index in [1.807, 2.05) is 0 Å². The van der Waals surface area contributed by atoms with E-state index in [4.69, 9.17) is 16.3 Å². The monoisotopic (exact) mass is 229 g/mol. The smallest absolute Gasteiger partial charge is 0.147 e. The van der Waals surface area contributed by atoms with Crippen LogP contribution in [-0.2, 0) is 17.2 Å². The molecule has 1 fully saturated rings. The van der Waals surface area contributed by atoms with Crippen LogP contribution in [0.1, 0.15) is 25.6 Å². The van der Waals surface area contributed by atoms with Crippen molar-refractivity contribution >= 4 is 11.6 Å². The fraction of sp³-hybridized carbons (Fsp3) is 0.800. The molecule has 0 bridgehead atoms. The Morgan fingerprint density at radius 1 is 1.53 bits per heavy atom. The summed E-state index contributed by atoms with van der Waals surface area (Å²) in [4.78, 5) is 0. The molecule has 0 aromatic carbocycles. The zero-order chi connectivity index (χ0) is 10.7. The van der Waals surface area contributed by atoms with Crippen molar-refractivity contribution in [3.63, 3.8) is 0 Å². The Kier molecular flexibility index (Phi) is 3.26. The highest BCUT2D eigenvalue weighted by molar-refractivity contribution is 6.16. The van der Waals surface area contributed by atoms with Gasteiger partial charge >= 0.3 is 0 Å². The molecule has 2 heterocycles. The summed E-state index contributed by atoms with van der Waals surface area (Å²) < 4.78 is 7.43. The van der Waals surface area contributed by atoms with Crippen molar-refractivity contribution in [2.75, 3.05) is 13.2 Å². The first-order chi connectivity index (χ1) is 7.23.